The molecule has 3 aromatic rings. The summed E-state index contributed by atoms with van der Waals surface area (Å²) < 4.78 is 20.1. The molecule has 2 bridgehead atoms. The molecule has 3 aromatic carbocycles. The fraction of sp³-hybridized carbons (Fsp3) is 0.410. The fourth-order valence-corrected chi connectivity index (χ4v) is 7.04. The summed E-state index contributed by atoms with van der Waals surface area (Å²) in [6.45, 7) is 3.39. The summed E-state index contributed by atoms with van der Waals surface area (Å²) in [6.07, 6.45) is 5.15. The van der Waals surface area contributed by atoms with E-state index in [-0.39, 0.29) is 48.0 Å². The van der Waals surface area contributed by atoms with E-state index in [0.29, 0.717) is 51.3 Å². The minimum Gasteiger partial charge on any atom is -0.492 e. The second-order valence-corrected chi connectivity index (χ2v) is 14.1. The van der Waals surface area contributed by atoms with Crippen LogP contribution in [0, 0.1) is 5.82 Å². The molecule has 0 spiro atoms. The van der Waals surface area contributed by atoms with E-state index >= 15 is 0 Å². The second-order valence-electron chi connectivity index (χ2n) is 13.3. The number of carbonyl (C=O) groups excluding carboxylic acids is 3. The number of ketones is 1. The molecule has 1 saturated carbocycles. The Bertz CT molecular complexity index is 1680. The summed E-state index contributed by atoms with van der Waals surface area (Å²) in [7, 11) is 0. The van der Waals surface area contributed by atoms with Gasteiger partial charge in [-0.05, 0) is 95.8 Å². The lowest BCUT2D eigenvalue weighted by Crippen LogP contribution is -2.61. The Hall–Kier alpha value is -3.86. The lowest BCUT2D eigenvalue weighted by molar-refractivity contribution is -0.198. The highest BCUT2D eigenvalue weighted by Crippen LogP contribution is 2.37. The average molecular weight is 733 g/mol. The number of Topliss-reactive ketones (excluding diaryl/α,β-unsaturated/α-hetero) is 1. The monoisotopic (exact) mass is 731 g/mol. The average Bonchev–Trinajstić information content (AvgIpc) is 3.93. The van der Waals surface area contributed by atoms with Crippen LogP contribution in [0.25, 0.3) is 5.57 Å². The Morgan fingerprint density at radius 3 is 2.47 bits per heavy atom. The van der Waals surface area contributed by atoms with Crippen molar-refractivity contribution < 1.29 is 28.3 Å². The molecule has 49 heavy (non-hydrogen) atoms. The molecule has 3 aliphatic rings. The van der Waals surface area contributed by atoms with Gasteiger partial charge in [-0.15, -0.1) is 5.06 Å². The number of aryl methyl sites for hydroxylation is 1. The van der Waals surface area contributed by atoms with Gasteiger partial charge in [-0.1, -0.05) is 54.6 Å². The van der Waals surface area contributed by atoms with Crippen molar-refractivity contribution >= 4 is 39.2 Å². The molecule has 2 aliphatic heterocycles. The predicted octanol–water partition coefficient (Wildman–Crippen LogP) is 6.81. The lowest BCUT2D eigenvalue weighted by atomic mass is 9.83. The number of nitrogens with one attached hydrogen (secondary N) is 1. The largest absolute Gasteiger partial charge is 0.492 e. The van der Waals surface area contributed by atoms with Crippen molar-refractivity contribution in [1.29, 1.82) is 0 Å². The van der Waals surface area contributed by atoms with Crippen LogP contribution in [0.5, 0.6) is 5.75 Å². The first-order valence-corrected chi connectivity index (χ1v) is 18.0. The molecule has 258 valence electrons. The van der Waals surface area contributed by atoms with Crippen LogP contribution >= 0.6 is 15.9 Å². The summed E-state index contributed by atoms with van der Waals surface area (Å²) in [5.41, 5.74) is 5.04. The summed E-state index contributed by atoms with van der Waals surface area (Å²) in [4.78, 5) is 46.4. The van der Waals surface area contributed by atoms with Crippen molar-refractivity contribution in [1.82, 2.24) is 15.3 Å². The molecular formula is C39H43BrFN3O5. The third-order valence-electron chi connectivity index (χ3n) is 9.25. The summed E-state index contributed by atoms with van der Waals surface area (Å²) in [6, 6.07) is 22.8. The number of carbonyl (C=O) groups is 3. The molecule has 2 atom stereocenters. The Labute approximate surface area is 295 Å². The van der Waals surface area contributed by atoms with Crippen molar-refractivity contribution in [2.45, 2.75) is 83.0 Å². The van der Waals surface area contributed by atoms with Gasteiger partial charge in [0.05, 0.1) is 30.2 Å². The normalized spacial score (nSPS) is 19.0. The molecule has 1 N–H and O–H groups in total. The molecule has 0 radical (unpaired) electrons. The molecule has 2 fully saturated rings. The number of amides is 1. The van der Waals surface area contributed by atoms with Gasteiger partial charge in [0.15, 0.2) is 0 Å². The zero-order valence-corrected chi connectivity index (χ0v) is 29.4. The summed E-state index contributed by atoms with van der Waals surface area (Å²) in [5, 5.41) is 5.36. The van der Waals surface area contributed by atoms with E-state index in [1.54, 1.807) is 11.1 Å². The Morgan fingerprint density at radius 2 is 1.73 bits per heavy atom. The topological polar surface area (TPSA) is 88.2 Å². The molecular weight excluding hydrogens is 689 g/mol. The van der Waals surface area contributed by atoms with Crippen LogP contribution in [-0.4, -0.2) is 65.4 Å². The van der Waals surface area contributed by atoms with Crippen LogP contribution in [0.4, 0.5) is 4.39 Å². The Kier molecular flexibility index (Phi) is 11.6. The van der Waals surface area contributed by atoms with Crippen molar-refractivity contribution in [2.75, 3.05) is 19.7 Å². The maximum atomic E-state index is 14.6. The van der Waals surface area contributed by atoms with Gasteiger partial charge in [0.25, 0.3) is 5.91 Å². The number of hydrogen-bond acceptors (Lipinski definition) is 7. The maximum absolute atomic E-state index is 14.6. The molecule has 1 aliphatic carbocycles. The number of hydrogen-bond donors (Lipinski definition) is 1. The van der Waals surface area contributed by atoms with E-state index in [2.05, 4.69) is 57.6 Å². The Balaban J connectivity index is 1.20. The molecule has 1 amide bonds. The maximum Gasteiger partial charge on any atom is 0.325 e. The van der Waals surface area contributed by atoms with Crippen molar-refractivity contribution in [2.24, 2.45) is 0 Å². The summed E-state index contributed by atoms with van der Waals surface area (Å²) in [5.74, 6) is -0.122. The SMILES string of the molecule is CC(=O)CCCC(=O)ON1CC2CC(c3ccc(CCCOc4cc(F)ccc4Br)cc3)=C(C(=O)N(Cc3ccccc3)C3CC3)C(C1)N2. The van der Waals surface area contributed by atoms with Crippen LogP contribution < -0.4 is 10.1 Å². The smallest absolute Gasteiger partial charge is 0.325 e. The Morgan fingerprint density at radius 1 is 0.959 bits per heavy atom. The number of nitrogens with zero attached hydrogens (tertiary/aromatic N) is 2. The number of fused-ring (bicyclic) bond motifs is 2. The van der Waals surface area contributed by atoms with Gasteiger partial charge in [0.1, 0.15) is 17.3 Å². The van der Waals surface area contributed by atoms with Crippen LogP contribution in [0.15, 0.2) is 82.8 Å². The third kappa shape index (κ3) is 9.44. The van der Waals surface area contributed by atoms with E-state index in [1.165, 1.54) is 19.1 Å². The predicted molar refractivity (Wildman–Crippen MR) is 189 cm³/mol. The minimum absolute atomic E-state index is 0.00205. The molecule has 0 aromatic heterocycles. The molecule has 2 unspecified atom stereocenters. The van der Waals surface area contributed by atoms with Crippen LogP contribution in [0.3, 0.4) is 0 Å². The number of piperazine rings is 1. The molecule has 2 heterocycles. The van der Waals surface area contributed by atoms with Crippen LogP contribution in [0.2, 0.25) is 0 Å². The number of hydroxylamine groups is 2. The second kappa shape index (κ2) is 16.2. The van der Waals surface area contributed by atoms with Crippen molar-refractivity contribution in [3.8, 4) is 5.75 Å². The zero-order chi connectivity index (χ0) is 34.3. The van der Waals surface area contributed by atoms with Gasteiger partial charge < -0.3 is 24.6 Å². The van der Waals surface area contributed by atoms with Gasteiger partial charge in [0.2, 0.25) is 0 Å². The van der Waals surface area contributed by atoms with Gasteiger partial charge in [-0.2, -0.15) is 0 Å². The highest BCUT2D eigenvalue weighted by molar-refractivity contribution is 9.10. The van der Waals surface area contributed by atoms with Gasteiger partial charge in [-0.25, -0.2) is 4.39 Å². The summed E-state index contributed by atoms with van der Waals surface area (Å²) >= 11 is 3.41. The number of benzene rings is 3. The highest BCUT2D eigenvalue weighted by Gasteiger charge is 2.43. The first kappa shape index (κ1) is 35.0. The van der Waals surface area contributed by atoms with Gasteiger partial charge >= 0.3 is 5.97 Å². The number of rotatable bonds is 15. The molecule has 8 nitrogen and oxygen atoms in total. The fourth-order valence-electron chi connectivity index (χ4n) is 6.68. The van der Waals surface area contributed by atoms with E-state index in [4.69, 9.17) is 9.57 Å². The first-order chi connectivity index (χ1) is 23.7. The third-order valence-corrected chi connectivity index (χ3v) is 9.90. The quantitative estimate of drug-likeness (QED) is 0.172. The van der Waals surface area contributed by atoms with Crippen LogP contribution in [0.1, 0.15) is 68.6 Å². The van der Waals surface area contributed by atoms with E-state index in [9.17, 15) is 18.8 Å². The van der Waals surface area contributed by atoms with E-state index < -0.39 is 0 Å². The standard InChI is InChI=1S/C39H43BrFN3O5/c1-26(45)7-5-11-37(46)49-43-24-31-22-33(29-14-12-27(13-15-29)10-6-20-48-36-21-30(41)16-19-34(36)40)38(35(25-43)42-31)39(47)44(32-17-18-32)23-28-8-3-2-4-9-28/h2-4,8-9,12-16,19,21,31-32,35,42H,5-7,10-11,17-18,20,22-25H2,1H3. The molecule has 6 rings (SSSR count). The molecule has 1 saturated heterocycles. The number of halogens is 2. The van der Waals surface area contributed by atoms with Gasteiger partial charge in [-0.3, -0.25) is 9.59 Å². The minimum atomic E-state index is -0.355. The highest BCUT2D eigenvalue weighted by atomic mass is 79.9. The van der Waals surface area contributed by atoms with E-state index in [1.807, 2.05) is 23.1 Å². The van der Waals surface area contributed by atoms with E-state index in [0.717, 1.165) is 58.0 Å². The first-order valence-electron chi connectivity index (χ1n) is 17.2. The zero-order valence-electron chi connectivity index (χ0n) is 27.8. The lowest BCUT2D eigenvalue weighted by Gasteiger charge is -2.44. The molecule has 10 heteroatoms. The van der Waals surface area contributed by atoms with Crippen molar-refractivity contribution in [3.05, 3.63) is 105 Å². The van der Waals surface area contributed by atoms with Crippen molar-refractivity contribution in [3.63, 3.8) is 0 Å². The number of ether oxygens (including phenoxy) is 1. The van der Waals surface area contributed by atoms with Gasteiger partial charge in [0, 0.05) is 43.1 Å². The van der Waals surface area contributed by atoms with Crippen LogP contribution in [-0.2, 0) is 32.2 Å².